The summed E-state index contributed by atoms with van der Waals surface area (Å²) in [6, 6.07) is 4.50. The summed E-state index contributed by atoms with van der Waals surface area (Å²) in [4.78, 5) is 15.4. The number of carbonyl (C=O) groups excluding carboxylic acids is 1. The lowest BCUT2D eigenvalue weighted by atomic mass is 9.84. The Morgan fingerprint density at radius 2 is 1.85 bits per heavy atom. The summed E-state index contributed by atoms with van der Waals surface area (Å²) >= 11 is 0. The van der Waals surface area contributed by atoms with E-state index < -0.39 is 0 Å². The largest absolute Gasteiger partial charge is 0.292 e. The number of halogens is 1. The van der Waals surface area contributed by atoms with Crippen LogP contribution in [0.1, 0.15) is 55.5 Å². The van der Waals surface area contributed by atoms with Crippen LogP contribution in [0.4, 0.5) is 4.39 Å². The number of hydrogen-bond acceptors (Lipinski definition) is 2. The number of nitrogens with zero attached hydrogens (tertiary/aromatic N) is 1. The highest BCUT2D eigenvalue weighted by Gasteiger charge is 2.45. The van der Waals surface area contributed by atoms with Crippen molar-refractivity contribution in [2.45, 2.75) is 52.0 Å². The van der Waals surface area contributed by atoms with Crippen molar-refractivity contribution >= 4 is 5.78 Å². The third-order valence-electron chi connectivity index (χ3n) is 4.66. The molecule has 1 aromatic rings. The minimum atomic E-state index is -0.369. The van der Waals surface area contributed by atoms with E-state index in [0.29, 0.717) is 5.56 Å². The van der Waals surface area contributed by atoms with Crippen LogP contribution >= 0.6 is 0 Å². The van der Waals surface area contributed by atoms with Crippen LogP contribution in [0.2, 0.25) is 0 Å². The lowest BCUT2D eigenvalue weighted by Crippen LogP contribution is -2.52. The fourth-order valence-corrected chi connectivity index (χ4v) is 3.61. The van der Waals surface area contributed by atoms with Gasteiger partial charge in [-0.15, -0.1) is 0 Å². The predicted octanol–water partition coefficient (Wildman–Crippen LogP) is 3.97. The summed E-state index contributed by atoms with van der Waals surface area (Å²) < 4.78 is 13.3. The van der Waals surface area contributed by atoms with Crippen LogP contribution in [0.25, 0.3) is 0 Å². The lowest BCUT2D eigenvalue weighted by Gasteiger charge is -2.39. The number of ketones is 1. The molecule has 1 aromatic carbocycles. The zero-order valence-corrected chi connectivity index (χ0v) is 12.7. The fourth-order valence-electron chi connectivity index (χ4n) is 3.61. The van der Waals surface area contributed by atoms with Crippen LogP contribution < -0.4 is 0 Å². The van der Waals surface area contributed by atoms with Gasteiger partial charge in [0.25, 0.3) is 0 Å². The van der Waals surface area contributed by atoms with Crippen LogP contribution in [0.5, 0.6) is 0 Å². The van der Waals surface area contributed by atoms with E-state index in [1.54, 1.807) is 6.07 Å². The number of carbonyl (C=O) groups is 1. The Balaban J connectivity index is 2.41. The van der Waals surface area contributed by atoms with Crippen LogP contribution in [0.3, 0.4) is 0 Å². The highest BCUT2D eigenvalue weighted by atomic mass is 19.1. The summed E-state index contributed by atoms with van der Waals surface area (Å²) in [6.45, 7) is 7.79. The molecule has 0 atom stereocenters. The second-order valence-corrected chi connectivity index (χ2v) is 5.70. The van der Waals surface area contributed by atoms with Gasteiger partial charge in [0.2, 0.25) is 0 Å². The number of rotatable bonds is 5. The van der Waals surface area contributed by atoms with E-state index in [2.05, 4.69) is 18.7 Å². The van der Waals surface area contributed by atoms with Gasteiger partial charge in [-0.2, -0.15) is 0 Å². The molecule has 110 valence electrons. The molecule has 0 spiro atoms. The third kappa shape index (κ3) is 2.51. The first-order valence-corrected chi connectivity index (χ1v) is 7.61. The normalized spacial score (nSPS) is 17.6. The van der Waals surface area contributed by atoms with E-state index >= 15 is 0 Å². The second-order valence-electron chi connectivity index (χ2n) is 5.70. The van der Waals surface area contributed by atoms with Gasteiger partial charge in [0, 0.05) is 5.56 Å². The number of aryl methyl sites for hydroxylation is 1. The summed E-state index contributed by atoms with van der Waals surface area (Å²) in [5.74, 6) is -0.0986. The van der Waals surface area contributed by atoms with Gasteiger partial charge in [-0.3, -0.25) is 9.69 Å². The standard InChI is InChI=1S/C17H24FNO/c1-4-19(5-2)17(10-6-7-11-17)16(20)15-9-8-14(18)12-13(15)3/h8-9,12H,4-7,10-11H2,1-3H3. The third-order valence-corrected chi connectivity index (χ3v) is 4.66. The van der Waals surface area contributed by atoms with E-state index in [-0.39, 0.29) is 17.1 Å². The second kappa shape index (κ2) is 6.04. The van der Waals surface area contributed by atoms with Crippen molar-refractivity contribution in [2.24, 2.45) is 0 Å². The number of Topliss-reactive ketones (excluding diaryl/α,β-unsaturated/α-hetero) is 1. The van der Waals surface area contributed by atoms with Gasteiger partial charge in [0.05, 0.1) is 5.54 Å². The molecule has 0 radical (unpaired) electrons. The SMILES string of the molecule is CCN(CC)C1(C(=O)c2ccc(F)cc2C)CCCC1. The Hall–Kier alpha value is -1.22. The summed E-state index contributed by atoms with van der Waals surface area (Å²) in [7, 11) is 0. The molecule has 0 amide bonds. The van der Waals surface area contributed by atoms with Crippen LogP contribution in [-0.4, -0.2) is 29.3 Å². The Kier molecular flexibility index (Phi) is 4.59. The molecule has 0 aromatic heterocycles. The molecule has 0 unspecified atom stereocenters. The Labute approximate surface area is 121 Å². The fraction of sp³-hybridized carbons (Fsp3) is 0.588. The van der Waals surface area contributed by atoms with Crippen molar-refractivity contribution in [3.8, 4) is 0 Å². The molecule has 0 saturated heterocycles. The van der Waals surface area contributed by atoms with E-state index in [9.17, 15) is 9.18 Å². The maximum absolute atomic E-state index is 13.3. The van der Waals surface area contributed by atoms with Gasteiger partial charge >= 0.3 is 0 Å². The molecule has 2 rings (SSSR count). The molecule has 20 heavy (non-hydrogen) atoms. The summed E-state index contributed by atoms with van der Waals surface area (Å²) in [5.41, 5.74) is 1.06. The lowest BCUT2D eigenvalue weighted by molar-refractivity contribution is 0.0583. The quantitative estimate of drug-likeness (QED) is 0.759. The van der Waals surface area contributed by atoms with Crippen molar-refractivity contribution in [1.29, 1.82) is 0 Å². The molecule has 2 nitrogen and oxygen atoms in total. The zero-order valence-electron chi connectivity index (χ0n) is 12.7. The Morgan fingerprint density at radius 3 is 2.35 bits per heavy atom. The topological polar surface area (TPSA) is 20.3 Å². The molecule has 3 heteroatoms. The average Bonchev–Trinajstić information content (AvgIpc) is 2.90. The summed E-state index contributed by atoms with van der Waals surface area (Å²) in [6.07, 6.45) is 4.04. The maximum Gasteiger partial charge on any atom is 0.183 e. The molecule has 1 aliphatic carbocycles. The number of benzene rings is 1. The minimum absolute atomic E-state index is 0.177. The molecule has 0 heterocycles. The molecular formula is C17H24FNO. The molecular weight excluding hydrogens is 253 g/mol. The van der Waals surface area contributed by atoms with Crippen LogP contribution in [-0.2, 0) is 0 Å². The maximum atomic E-state index is 13.3. The van der Waals surface area contributed by atoms with E-state index in [1.165, 1.54) is 12.1 Å². The first-order valence-electron chi connectivity index (χ1n) is 7.61. The zero-order chi connectivity index (χ0) is 14.8. The predicted molar refractivity (Wildman–Crippen MR) is 79.6 cm³/mol. The van der Waals surface area contributed by atoms with Crippen molar-refractivity contribution in [3.05, 3.63) is 35.1 Å². The van der Waals surface area contributed by atoms with Gasteiger partial charge < -0.3 is 0 Å². The van der Waals surface area contributed by atoms with Gasteiger partial charge in [0.1, 0.15) is 5.82 Å². The minimum Gasteiger partial charge on any atom is -0.292 e. The highest BCUT2D eigenvalue weighted by Crippen LogP contribution is 2.38. The smallest absolute Gasteiger partial charge is 0.183 e. The molecule has 0 N–H and O–H groups in total. The van der Waals surface area contributed by atoms with Crippen molar-refractivity contribution in [3.63, 3.8) is 0 Å². The van der Waals surface area contributed by atoms with Crippen molar-refractivity contribution in [2.75, 3.05) is 13.1 Å². The van der Waals surface area contributed by atoms with Crippen molar-refractivity contribution < 1.29 is 9.18 Å². The van der Waals surface area contributed by atoms with Crippen molar-refractivity contribution in [1.82, 2.24) is 4.90 Å². The monoisotopic (exact) mass is 277 g/mol. The number of likely N-dealkylation sites (N-methyl/N-ethyl adjacent to an activating group) is 1. The average molecular weight is 277 g/mol. The van der Waals surface area contributed by atoms with Crippen LogP contribution in [0.15, 0.2) is 18.2 Å². The van der Waals surface area contributed by atoms with Crippen LogP contribution in [0, 0.1) is 12.7 Å². The van der Waals surface area contributed by atoms with E-state index in [1.807, 2.05) is 6.92 Å². The molecule has 0 aliphatic heterocycles. The summed E-state index contributed by atoms with van der Waals surface area (Å²) in [5, 5.41) is 0. The molecule has 1 saturated carbocycles. The molecule has 1 aliphatic rings. The number of hydrogen-bond donors (Lipinski definition) is 0. The Morgan fingerprint density at radius 1 is 1.25 bits per heavy atom. The van der Waals surface area contributed by atoms with Gasteiger partial charge in [-0.1, -0.05) is 26.7 Å². The highest BCUT2D eigenvalue weighted by molar-refractivity contribution is 6.04. The van der Waals surface area contributed by atoms with E-state index in [0.717, 1.165) is 44.3 Å². The first-order chi connectivity index (χ1) is 9.55. The molecule has 1 fully saturated rings. The van der Waals surface area contributed by atoms with Gasteiger partial charge in [-0.25, -0.2) is 4.39 Å². The Bertz CT molecular complexity index is 488. The first kappa shape index (κ1) is 15.2. The van der Waals surface area contributed by atoms with Gasteiger partial charge in [-0.05, 0) is 56.6 Å². The van der Waals surface area contributed by atoms with E-state index in [4.69, 9.17) is 0 Å². The molecule has 0 bridgehead atoms. The van der Waals surface area contributed by atoms with Gasteiger partial charge in [0.15, 0.2) is 5.78 Å².